The number of alkyl halides is 3. The van der Waals surface area contributed by atoms with E-state index in [1.165, 1.54) is 19.0 Å². The van der Waals surface area contributed by atoms with Gasteiger partial charge in [-0.3, -0.25) is 10.1 Å². The number of hydrogen-bond donors (Lipinski definition) is 2. The van der Waals surface area contributed by atoms with Crippen LogP contribution in [0.25, 0.3) is 0 Å². The first-order valence-electron chi connectivity index (χ1n) is 5.35. The molecule has 1 heterocycles. The van der Waals surface area contributed by atoms with Gasteiger partial charge in [0.15, 0.2) is 6.61 Å². The van der Waals surface area contributed by atoms with Crippen molar-refractivity contribution in [1.29, 1.82) is 0 Å². The van der Waals surface area contributed by atoms with Crippen molar-refractivity contribution in [2.45, 2.75) is 6.18 Å². The number of halogens is 3. The smallest absolute Gasteiger partial charge is 0.422 e. The lowest BCUT2D eigenvalue weighted by atomic mass is 10.7. The molecule has 22 heavy (non-hydrogen) atoms. The van der Waals surface area contributed by atoms with Crippen LogP contribution in [-0.2, 0) is 10.0 Å². The molecule has 1 rings (SSSR count). The molecular weight excluding hydrogens is 333 g/mol. The van der Waals surface area contributed by atoms with Crippen LogP contribution in [0, 0.1) is 0 Å². The standard InChI is InChI=1S/C8H11F3N6O4S/c1-17(2)5-13-4(15-7(18)22(12,19)20)14-6(16-5)21-3-8(9,10)11/h3H2,1-2H3,(H2,12,19,20)(H,13,14,15,16,18). The number of nitrogens with two attached hydrogens (primary N) is 1. The van der Waals surface area contributed by atoms with Crippen molar-refractivity contribution in [2.75, 3.05) is 30.9 Å². The maximum absolute atomic E-state index is 12.1. The molecule has 10 nitrogen and oxygen atoms in total. The third-order valence-electron chi connectivity index (χ3n) is 1.84. The number of carbonyl (C=O) groups excluding carboxylic acids is 1. The van der Waals surface area contributed by atoms with Gasteiger partial charge in [0.05, 0.1) is 0 Å². The van der Waals surface area contributed by atoms with Crippen molar-refractivity contribution in [3.8, 4) is 6.01 Å². The van der Waals surface area contributed by atoms with Crippen LogP contribution < -0.4 is 20.1 Å². The molecular formula is C8H11F3N6O4S. The lowest BCUT2D eigenvalue weighted by molar-refractivity contribution is -0.154. The quantitative estimate of drug-likeness (QED) is 0.758. The summed E-state index contributed by atoms with van der Waals surface area (Å²) in [7, 11) is -1.66. The minimum absolute atomic E-state index is 0.170. The van der Waals surface area contributed by atoms with Gasteiger partial charge in [-0.15, -0.1) is 0 Å². The largest absolute Gasteiger partial charge is 0.454 e. The van der Waals surface area contributed by atoms with E-state index in [2.05, 4.69) is 24.8 Å². The maximum Gasteiger partial charge on any atom is 0.422 e. The Hall–Kier alpha value is -2.22. The number of amides is 1. The number of anilines is 2. The number of sulfonamides is 1. The zero-order chi connectivity index (χ0) is 17.1. The van der Waals surface area contributed by atoms with E-state index >= 15 is 0 Å². The monoisotopic (exact) mass is 344 g/mol. The van der Waals surface area contributed by atoms with E-state index in [1.54, 1.807) is 5.32 Å². The molecule has 124 valence electrons. The summed E-state index contributed by atoms with van der Waals surface area (Å²) in [4.78, 5) is 23.0. The number of rotatable bonds is 4. The Labute approximate surface area is 122 Å². The fourth-order valence-corrected chi connectivity index (χ4v) is 1.21. The van der Waals surface area contributed by atoms with Gasteiger partial charge >= 0.3 is 17.4 Å². The van der Waals surface area contributed by atoms with E-state index in [9.17, 15) is 26.4 Å². The molecule has 1 amide bonds. The van der Waals surface area contributed by atoms with Gasteiger partial charge in [-0.2, -0.15) is 28.1 Å². The van der Waals surface area contributed by atoms with E-state index in [0.717, 1.165) is 0 Å². The Morgan fingerprint density at radius 2 is 1.91 bits per heavy atom. The number of ether oxygens (including phenoxy) is 1. The third kappa shape index (κ3) is 5.65. The SMILES string of the molecule is CN(C)c1nc(NC(=O)S(N)(=O)=O)nc(OCC(F)(F)F)n1. The Balaban J connectivity index is 3.07. The average Bonchev–Trinajstić information content (AvgIpc) is 2.34. The normalized spacial score (nSPS) is 11.9. The lowest BCUT2D eigenvalue weighted by Crippen LogP contribution is -2.29. The minimum atomic E-state index is -4.63. The molecule has 3 N–H and O–H groups in total. The van der Waals surface area contributed by atoms with E-state index in [4.69, 9.17) is 0 Å². The summed E-state index contributed by atoms with van der Waals surface area (Å²) in [6.07, 6.45) is -4.63. The molecule has 1 aromatic heterocycles. The molecule has 0 saturated heterocycles. The van der Waals surface area contributed by atoms with Crippen LogP contribution in [0.15, 0.2) is 0 Å². The first kappa shape index (κ1) is 17.8. The molecule has 0 unspecified atom stereocenters. The molecule has 0 aliphatic rings. The second kappa shape index (κ2) is 6.27. The van der Waals surface area contributed by atoms with Gasteiger partial charge in [-0.1, -0.05) is 0 Å². The second-order valence-electron chi connectivity index (χ2n) is 4.00. The van der Waals surface area contributed by atoms with Crippen LogP contribution in [0.5, 0.6) is 6.01 Å². The first-order chi connectivity index (χ1) is 9.88. The van der Waals surface area contributed by atoms with E-state index < -0.39 is 40.0 Å². The first-order valence-corrected chi connectivity index (χ1v) is 6.90. The Bertz CT molecular complexity index is 662. The van der Waals surface area contributed by atoms with Crippen molar-refractivity contribution in [2.24, 2.45) is 5.14 Å². The lowest BCUT2D eigenvalue weighted by Gasteiger charge is -2.13. The number of aromatic nitrogens is 3. The van der Waals surface area contributed by atoms with Crippen LogP contribution in [0.4, 0.5) is 29.9 Å². The van der Waals surface area contributed by atoms with Gasteiger partial charge in [-0.25, -0.2) is 13.6 Å². The minimum Gasteiger partial charge on any atom is -0.454 e. The molecule has 1 aromatic rings. The summed E-state index contributed by atoms with van der Waals surface area (Å²) < 4.78 is 62.2. The third-order valence-corrected chi connectivity index (χ3v) is 2.46. The molecule has 14 heteroatoms. The molecule has 0 atom stereocenters. The van der Waals surface area contributed by atoms with Crippen molar-refractivity contribution in [3.05, 3.63) is 0 Å². The van der Waals surface area contributed by atoms with Crippen LogP contribution >= 0.6 is 0 Å². The zero-order valence-corrected chi connectivity index (χ0v) is 12.1. The summed E-state index contributed by atoms with van der Waals surface area (Å²) in [5.74, 6) is -0.799. The van der Waals surface area contributed by atoms with Crippen molar-refractivity contribution < 1.29 is 31.1 Å². The maximum atomic E-state index is 12.1. The Morgan fingerprint density at radius 1 is 1.32 bits per heavy atom. The van der Waals surface area contributed by atoms with Gasteiger partial charge < -0.3 is 9.64 Å². The van der Waals surface area contributed by atoms with Crippen LogP contribution in [-0.4, -0.2) is 55.5 Å². The van der Waals surface area contributed by atoms with Gasteiger partial charge in [-0.05, 0) is 0 Å². The molecule has 0 aliphatic carbocycles. The molecule has 0 radical (unpaired) electrons. The topological polar surface area (TPSA) is 140 Å². The van der Waals surface area contributed by atoms with Crippen molar-refractivity contribution in [1.82, 2.24) is 15.0 Å². The predicted octanol–water partition coefficient (Wildman–Crippen LogP) is -0.301. The molecule has 0 fully saturated rings. The number of primary sulfonamides is 1. The van der Waals surface area contributed by atoms with Crippen molar-refractivity contribution in [3.63, 3.8) is 0 Å². The highest BCUT2D eigenvalue weighted by Crippen LogP contribution is 2.18. The van der Waals surface area contributed by atoms with Gasteiger partial charge in [0.25, 0.3) is 10.0 Å². The molecule has 0 spiro atoms. The van der Waals surface area contributed by atoms with Gasteiger partial charge in [0.1, 0.15) is 0 Å². The number of nitrogens with one attached hydrogen (secondary N) is 1. The number of hydrogen-bond acceptors (Lipinski definition) is 8. The molecule has 0 bridgehead atoms. The highest BCUT2D eigenvalue weighted by molar-refractivity contribution is 8.04. The fraction of sp³-hybridized carbons (Fsp3) is 0.500. The summed E-state index contributed by atoms with van der Waals surface area (Å²) in [5.41, 5.74) is 0. The average molecular weight is 344 g/mol. The van der Waals surface area contributed by atoms with Crippen LogP contribution in [0.3, 0.4) is 0 Å². The summed E-state index contributed by atoms with van der Waals surface area (Å²) in [6.45, 7) is -1.67. The predicted molar refractivity (Wildman–Crippen MR) is 67.8 cm³/mol. The van der Waals surface area contributed by atoms with Gasteiger partial charge in [0, 0.05) is 14.1 Å². The Kier molecular flexibility index (Phi) is 5.08. The molecule has 0 aromatic carbocycles. The number of nitrogens with zero attached hydrogens (tertiary/aromatic N) is 4. The highest BCUT2D eigenvalue weighted by Gasteiger charge is 2.29. The van der Waals surface area contributed by atoms with Crippen LogP contribution in [0.1, 0.15) is 0 Å². The van der Waals surface area contributed by atoms with Gasteiger partial charge in [0.2, 0.25) is 11.9 Å². The van der Waals surface area contributed by atoms with E-state index in [0.29, 0.717) is 0 Å². The summed E-state index contributed by atoms with van der Waals surface area (Å²) in [6, 6.07) is -0.749. The fourth-order valence-electron chi connectivity index (χ4n) is 0.975. The summed E-state index contributed by atoms with van der Waals surface area (Å²) >= 11 is 0. The van der Waals surface area contributed by atoms with E-state index in [1.807, 2.05) is 0 Å². The summed E-state index contributed by atoms with van der Waals surface area (Å²) in [5, 5.41) is 4.66. The zero-order valence-electron chi connectivity index (χ0n) is 11.2. The molecule has 0 saturated carbocycles. The van der Waals surface area contributed by atoms with Crippen molar-refractivity contribution >= 4 is 27.2 Å². The number of carbonyl (C=O) groups is 1. The van der Waals surface area contributed by atoms with E-state index in [-0.39, 0.29) is 5.95 Å². The Morgan fingerprint density at radius 3 is 2.36 bits per heavy atom. The highest BCUT2D eigenvalue weighted by atomic mass is 32.2. The molecule has 0 aliphatic heterocycles. The van der Waals surface area contributed by atoms with Crippen LogP contribution in [0.2, 0.25) is 0 Å². The second-order valence-corrected chi connectivity index (χ2v) is 5.46.